The molecule has 1 aliphatic carbocycles. The molecule has 1 aromatic rings. The Morgan fingerprint density at radius 1 is 1.24 bits per heavy atom. The van der Waals surface area contributed by atoms with Crippen molar-refractivity contribution in [3.63, 3.8) is 0 Å². The van der Waals surface area contributed by atoms with Crippen molar-refractivity contribution in [2.45, 2.75) is 52.5 Å². The van der Waals surface area contributed by atoms with Gasteiger partial charge in [0.2, 0.25) is 0 Å². The topological polar surface area (TPSA) is 25.2 Å². The Bertz CT molecular complexity index is 323. The van der Waals surface area contributed by atoms with Crippen LogP contribution >= 0.6 is 0 Å². The fourth-order valence-corrected chi connectivity index (χ4v) is 2.72. The molecule has 0 aliphatic heterocycles. The first-order valence-corrected chi connectivity index (χ1v) is 7.00. The van der Waals surface area contributed by atoms with Crippen molar-refractivity contribution in [2.75, 3.05) is 6.54 Å². The van der Waals surface area contributed by atoms with Crippen LogP contribution in [0.25, 0.3) is 0 Å². The maximum Gasteiger partial charge on any atom is 0.117 e. The molecule has 1 fully saturated rings. The van der Waals surface area contributed by atoms with E-state index < -0.39 is 0 Å². The Balaban J connectivity index is 1.57. The van der Waals surface area contributed by atoms with Gasteiger partial charge in [0.25, 0.3) is 0 Å². The first-order valence-electron chi connectivity index (χ1n) is 7.00. The van der Waals surface area contributed by atoms with Gasteiger partial charge >= 0.3 is 0 Å². The van der Waals surface area contributed by atoms with E-state index in [0.717, 1.165) is 36.4 Å². The van der Waals surface area contributed by atoms with E-state index in [2.05, 4.69) is 18.3 Å². The summed E-state index contributed by atoms with van der Waals surface area (Å²) in [5, 5.41) is 3.48. The molecule has 0 bridgehead atoms. The lowest BCUT2D eigenvalue weighted by molar-refractivity contribution is 0.274. The summed E-state index contributed by atoms with van der Waals surface area (Å²) in [5.74, 6) is 3.98. The normalized spacial score (nSPS) is 25.1. The third-order valence-corrected chi connectivity index (χ3v) is 3.96. The van der Waals surface area contributed by atoms with Gasteiger partial charge in [-0.2, -0.15) is 0 Å². The van der Waals surface area contributed by atoms with Crippen LogP contribution in [-0.4, -0.2) is 6.54 Å². The summed E-state index contributed by atoms with van der Waals surface area (Å²) in [6, 6.07) is 4.09. The van der Waals surface area contributed by atoms with Crippen LogP contribution < -0.4 is 5.32 Å². The molecule has 17 heavy (non-hydrogen) atoms. The predicted octanol–water partition coefficient (Wildman–Crippen LogP) is 3.89. The van der Waals surface area contributed by atoms with Gasteiger partial charge in [-0.1, -0.05) is 32.6 Å². The van der Waals surface area contributed by atoms with Gasteiger partial charge in [-0.05, 0) is 43.9 Å². The highest BCUT2D eigenvalue weighted by Gasteiger charge is 2.17. The molecule has 0 saturated heterocycles. The number of rotatable bonds is 5. The minimum Gasteiger partial charge on any atom is -0.465 e. The zero-order chi connectivity index (χ0) is 12.1. The van der Waals surface area contributed by atoms with Crippen molar-refractivity contribution >= 4 is 0 Å². The van der Waals surface area contributed by atoms with Crippen molar-refractivity contribution in [2.24, 2.45) is 11.8 Å². The molecule has 0 unspecified atom stereocenters. The average Bonchev–Trinajstić information content (AvgIpc) is 2.73. The van der Waals surface area contributed by atoms with Crippen molar-refractivity contribution in [3.8, 4) is 0 Å². The standard InChI is InChI=1S/C15H25NO/c1-12-3-6-14(7-4-12)9-10-16-11-15-8-5-13(2)17-15/h5,8,12,14,16H,3-4,6-7,9-11H2,1-2H3. The van der Waals surface area contributed by atoms with Crippen LogP contribution in [0.5, 0.6) is 0 Å². The molecule has 0 amide bonds. The van der Waals surface area contributed by atoms with E-state index in [1.807, 2.05) is 13.0 Å². The highest BCUT2D eigenvalue weighted by atomic mass is 16.3. The Labute approximate surface area is 105 Å². The number of nitrogens with one attached hydrogen (secondary N) is 1. The van der Waals surface area contributed by atoms with E-state index in [4.69, 9.17) is 4.42 Å². The van der Waals surface area contributed by atoms with E-state index in [0.29, 0.717) is 0 Å². The highest BCUT2D eigenvalue weighted by molar-refractivity contribution is 5.05. The van der Waals surface area contributed by atoms with Gasteiger partial charge in [0, 0.05) is 0 Å². The van der Waals surface area contributed by atoms with E-state index in [1.165, 1.54) is 32.1 Å². The fraction of sp³-hybridized carbons (Fsp3) is 0.733. The molecule has 0 aromatic carbocycles. The van der Waals surface area contributed by atoms with Gasteiger partial charge in [-0.3, -0.25) is 0 Å². The Morgan fingerprint density at radius 2 is 2.00 bits per heavy atom. The molecule has 1 aromatic heterocycles. The molecule has 2 heteroatoms. The molecule has 1 N–H and O–H groups in total. The zero-order valence-electron chi connectivity index (χ0n) is 11.2. The van der Waals surface area contributed by atoms with Crippen molar-refractivity contribution in [3.05, 3.63) is 23.7 Å². The second-order valence-electron chi connectivity index (χ2n) is 5.60. The van der Waals surface area contributed by atoms with E-state index in [-0.39, 0.29) is 0 Å². The molecule has 0 radical (unpaired) electrons. The van der Waals surface area contributed by atoms with Crippen molar-refractivity contribution in [1.29, 1.82) is 0 Å². The molecular weight excluding hydrogens is 210 g/mol. The molecule has 96 valence electrons. The van der Waals surface area contributed by atoms with Crippen molar-refractivity contribution < 1.29 is 4.42 Å². The Hall–Kier alpha value is -0.760. The summed E-state index contributed by atoms with van der Waals surface area (Å²) in [6.45, 7) is 6.37. The van der Waals surface area contributed by atoms with Crippen LogP contribution in [0, 0.1) is 18.8 Å². The van der Waals surface area contributed by atoms with Gasteiger partial charge in [-0.25, -0.2) is 0 Å². The number of aryl methyl sites for hydroxylation is 1. The Kier molecular flexibility index (Phi) is 4.66. The largest absolute Gasteiger partial charge is 0.465 e. The zero-order valence-corrected chi connectivity index (χ0v) is 11.2. The summed E-state index contributed by atoms with van der Waals surface area (Å²) >= 11 is 0. The molecule has 2 rings (SSSR count). The van der Waals surface area contributed by atoms with Gasteiger partial charge in [0.15, 0.2) is 0 Å². The monoisotopic (exact) mass is 235 g/mol. The van der Waals surface area contributed by atoms with Crippen LogP contribution in [0.15, 0.2) is 16.5 Å². The first-order chi connectivity index (χ1) is 8.24. The van der Waals surface area contributed by atoms with Gasteiger partial charge in [0.05, 0.1) is 6.54 Å². The van der Waals surface area contributed by atoms with Crippen LogP contribution in [0.3, 0.4) is 0 Å². The summed E-state index contributed by atoms with van der Waals surface area (Å²) in [7, 11) is 0. The maximum absolute atomic E-state index is 5.53. The minimum absolute atomic E-state index is 0.872. The maximum atomic E-state index is 5.53. The second kappa shape index (κ2) is 6.25. The first kappa shape index (κ1) is 12.7. The summed E-state index contributed by atoms with van der Waals surface area (Å²) < 4.78 is 5.53. The predicted molar refractivity (Wildman–Crippen MR) is 70.9 cm³/mol. The van der Waals surface area contributed by atoms with Crippen LogP contribution in [0.4, 0.5) is 0 Å². The molecule has 1 aliphatic rings. The number of hydrogen-bond acceptors (Lipinski definition) is 2. The van der Waals surface area contributed by atoms with Crippen LogP contribution in [0.2, 0.25) is 0 Å². The summed E-state index contributed by atoms with van der Waals surface area (Å²) in [5.41, 5.74) is 0. The van der Waals surface area contributed by atoms with Crippen molar-refractivity contribution in [1.82, 2.24) is 5.32 Å². The SMILES string of the molecule is Cc1ccc(CNCCC2CCC(C)CC2)o1. The van der Waals surface area contributed by atoms with Gasteiger partial charge in [0.1, 0.15) is 11.5 Å². The second-order valence-corrected chi connectivity index (χ2v) is 5.60. The van der Waals surface area contributed by atoms with Gasteiger partial charge < -0.3 is 9.73 Å². The molecule has 2 nitrogen and oxygen atoms in total. The fourth-order valence-electron chi connectivity index (χ4n) is 2.72. The van der Waals surface area contributed by atoms with Crippen LogP contribution in [0.1, 0.15) is 50.5 Å². The summed E-state index contributed by atoms with van der Waals surface area (Å²) in [4.78, 5) is 0. The van der Waals surface area contributed by atoms with E-state index in [9.17, 15) is 0 Å². The molecule has 0 atom stereocenters. The number of furan rings is 1. The lowest BCUT2D eigenvalue weighted by Gasteiger charge is -2.26. The molecular formula is C15H25NO. The summed E-state index contributed by atoms with van der Waals surface area (Å²) in [6.07, 6.45) is 7.06. The molecule has 1 heterocycles. The Morgan fingerprint density at radius 3 is 2.65 bits per heavy atom. The highest BCUT2D eigenvalue weighted by Crippen LogP contribution is 2.29. The van der Waals surface area contributed by atoms with E-state index in [1.54, 1.807) is 0 Å². The molecule has 1 saturated carbocycles. The number of hydrogen-bond donors (Lipinski definition) is 1. The van der Waals surface area contributed by atoms with E-state index >= 15 is 0 Å². The molecule has 0 spiro atoms. The average molecular weight is 235 g/mol. The minimum atomic E-state index is 0.872. The quantitative estimate of drug-likeness (QED) is 0.783. The lowest BCUT2D eigenvalue weighted by Crippen LogP contribution is -2.20. The smallest absolute Gasteiger partial charge is 0.117 e. The van der Waals surface area contributed by atoms with Gasteiger partial charge in [-0.15, -0.1) is 0 Å². The third-order valence-electron chi connectivity index (χ3n) is 3.96. The third kappa shape index (κ3) is 4.19. The van der Waals surface area contributed by atoms with Crippen LogP contribution in [-0.2, 0) is 6.54 Å². The lowest BCUT2D eigenvalue weighted by atomic mass is 9.81.